The number of Topliss-reactive ketones (excluding diaryl/α,β-unsaturated/α-hetero) is 1. The fourth-order valence-electron chi connectivity index (χ4n) is 1.54. The SMILES string of the molecule is Cc1ccc(C(=O)CS(=O)C(C)(C)C)c(C)c1. The van der Waals surface area contributed by atoms with E-state index in [1.54, 1.807) is 0 Å². The zero-order valence-electron chi connectivity index (χ0n) is 11.2. The molecule has 0 aliphatic carbocycles. The predicted molar refractivity (Wildman–Crippen MR) is 73.0 cm³/mol. The predicted octanol–water partition coefficient (Wildman–Crippen LogP) is 3.03. The number of benzene rings is 1. The summed E-state index contributed by atoms with van der Waals surface area (Å²) in [5.74, 6) is 0.0729. The Balaban J connectivity index is 2.88. The van der Waals surface area contributed by atoms with Crippen molar-refractivity contribution in [3.05, 3.63) is 34.9 Å². The summed E-state index contributed by atoms with van der Waals surface area (Å²) in [5, 5.41) is 0. The van der Waals surface area contributed by atoms with E-state index >= 15 is 0 Å². The van der Waals surface area contributed by atoms with Crippen LogP contribution < -0.4 is 0 Å². The van der Waals surface area contributed by atoms with Crippen LogP contribution in [-0.4, -0.2) is 20.5 Å². The van der Waals surface area contributed by atoms with Gasteiger partial charge in [-0.2, -0.15) is 0 Å². The van der Waals surface area contributed by atoms with Crippen LogP contribution in [0, 0.1) is 13.8 Å². The first-order valence-corrected chi connectivity index (χ1v) is 7.02. The zero-order chi connectivity index (χ0) is 13.2. The summed E-state index contributed by atoms with van der Waals surface area (Å²) >= 11 is 0. The summed E-state index contributed by atoms with van der Waals surface area (Å²) in [5.41, 5.74) is 2.78. The van der Waals surface area contributed by atoms with E-state index in [0.29, 0.717) is 5.56 Å². The van der Waals surface area contributed by atoms with Gasteiger partial charge in [-0.3, -0.25) is 9.00 Å². The summed E-state index contributed by atoms with van der Waals surface area (Å²) in [7, 11) is -1.13. The highest BCUT2D eigenvalue weighted by Gasteiger charge is 2.23. The van der Waals surface area contributed by atoms with Gasteiger partial charge in [-0.25, -0.2) is 0 Å². The molecular weight excluding hydrogens is 232 g/mol. The minimum absolute atomic E-state index is 0.0317. The molecule has 0 aliphatic rings. The first kappa shape index (κ1) is 14.1. The Labute approximate surface area is 106 Å². The van der Waals surface area contributed by atoms with E-state index in [1.165, 1.54) is 0 Å². The molecule has 17 heavy (non-hydrogen) atoms. The standard InChI is InChI=1S/C14H20O2S/c1-10-6-7-12(11(2)8-10)13(15)9-17(16)14(3,4)5/h6-8H,9H2,1-5H3. The van der Waals surface area contributed by atoms with E-state index < -0.39 is 10.8 Å². The van der Waals surface area contributed by atoms with E-state index in [-0.39, 0.29) is 16.3 Å². The molecule has 0 radical (unpaired) electrons. The molecule has 0 aliphatic heterocycles. The molecule has 1 unspecified atom stereocenters. The second kappa shape index (κ2) is 5.13. The third-order valence-corrected chi connectivity index (χ3v) is 4.52. The Morgan fingerprint density at radius 2 is 1.82 bits per heavy atom. The molecule has 1 rings (SSSR count). The molecule has 1 atom stereocenters. The van der Waals surface area contributed by atoms with Crippen LogP contribution in [0.5, 0.6) is 0 Å². The molecule has 2 nitrogen and oxygen atoms in total. The van der Waals surface area contributed by atoms with Crippen LogP contribution in [0.2, 0.25) is 0 Å². The van der Waals surface area contributed by atoms with Crippen LogP contribution in [0.3, 0.4) is 0 Å². The van der Waals surface area contributed by atoms with Gasteiger partial charge < -0.3 is 0 Å². The third kappa shape index (κ3) is 3.77. The molecular formula is C14H20O2S. The van der Waals surface area contributed by atoms with E-state index in [9.17, 15) is 9.00 Å². The first-order chi connectivity index (χ1) is 7.71. The lowest BCUT2D eigenvalue weighted by Crippen LogP contribution is -2.27. The van der Waals surface area contributed by atoms with E-state index in [0.717, 1.165) is 11.1 Å². The van der Waals surface area contributed by atoms with Crippen molar-refractivity contribution in [2.75, 3.05) is 5.75 Å². The van der Waals surface area contributed by atoms with E-state index in [1.807, 2.05) is 52.8 Å². The lowest BCUT2D eigenvalue weighted by molar-refractivity contribution is 0.102. The number of ketones is 1. The number of aryl methyl sites for hydroxylation is 2. The smallest absolute Gasteiger partial charge is 0.175 e. The average Bonchev–Trinajstić information content (AvgIpc) is 2.15. The van der Waals surface area contributed by atoms with Crippen molar-refractivity contribution in [1.29, 1.82) is 0 Å². The summed E-state index contributed by atoms with van der Waals surface area (Å²) < 4.78 is 11.6. The number of hydrogen-bond acceptors (Lipinski definition) is 2. The quantitative estimate of drug-likeness (QED) is 0.775. The number of carbonyl (C=O) groups is 1. The van der Waals surface area contributed by atoms with Crippen molar-refractivity contribution in [2.45, 2.75) is 39.4 Å². The van der Waals surface area contributed by atoms with Gasteiger partial charge in [0.1, 0.15) is 0 Å². The molecule has 0 heterocycles. The van der Waals surface area contributed by atoms with Gasteiger partial charge in [0.05, 0.1) is 5.75 Å². The fourth-order valence-corrected chi connectivity index (χ4v) is 2.37. The van der Waals surface area contributed by atoms with Crippen molar-refractivity contribution in [3.8, 4) is 0 Å². The number of carbonyl (C=O) groups excluding carboxylic acids is 1. The maximum Gasteiger partial charge on any atom is 0.175 e. The van der Waals surface area contributed by atoms with Gasteiger partial charge in [-0.1, -0.05) is 23.8 Å². The maximum absolute atomic E-state index is 12.0. The molecule has 0 spiro atoms. The van der Waals surface area contributed by atoms with Gasteiger partial charge in [0.25, 0.3) is 0 Å². The molecule has 0 amide bonds. The van der Waals surface area contributed by atoms with Crippen molar-refractivity contribution in [1.82, 2.24) is 0 Å². The second-order valence-corrected chi connectivity index (χ2v) is 7.55. The fraction of sp³-hybridized carbons (Fsp3) is 0.500. The lowest BCUT2D eigenvalue weighted by Gasteiger charge is -2.17. The Bertz CT molecular complexity index is 456. The maximum atomic E-state index is 12.0. The Kier molecular flexibility index (Phi) is 4.26. The van der Waals surface area contributed by atoms with Gasteiger partial charge in [0.2, 0.25) is 0 Å². The van der Waals surface area contributed by atoms with Gasteiger partial charge in [-0.05, 0) is 40.2 Å². The summed E-state index contributed by atoms with van der Waals surface area (Å²) in [6.45, 7) is 9.57. The topological polar surface area (TPSA) is 34.1 Å². The summed E-state index contributed by atoms with van der Waals surface area (Å²) in [6, 6.07) is 5.72. The second-order valence-electron chi connectivity index (χ2n) is 5.34. The molecule has 1 aromatic carbocycles. The molecule has 0 N–H and O–H groups in total. The largest absolute Gasteiger partial charge is 0.293 e. The molecule has 0 saturated carbocycles. The van der Waals surface area contributed by atoms with Crippen LogP contribution >= 0.6 is 0 Å². The van der Waals surface area contributed by atoms with Crippen LogP contribution in [0.25, 0.3) is 0 Å². The minimum atomic E-state index is -1.13. The Morgan fingerprint density at radius 1 is 1.24 bits per heavy atom. The van der Waals surface area contributed by atoms with Crippen molar-refractivity contribution >= 4 is 16.6 Å². The third-order valence-electron chi connectivity index (χ3n) is 2.63. The molecule has 1 aromatic rings. The van der Waals surface area contributed by atoms with E-state index in [2.05, 4.69) is 0 Å². The number of hydrogen-bond donors (Lipinski definition) is 0. The summed E-state index contributed by atoms with van der Waals surface area (Å²) in [6.07, 6.45) is 0. The highest BCUT2D eigenvalue weighted by Crippen LogP contribution is 2.16. The van der Waals surface area contributed by atoms with Gasteiger partial charge in [0, 0.05) is 21.1 Å². The van der Waals surface area contributed by atoms with Crippen molar-refractivity contribution < 1.29 is 9.00 Å². The van der Waals surface area contributed by atoms with Gasteiger partial charge >= 0.3 is 0 Å². The lowest BCUT2D eigenvalue weighted by atomic mass is 10.0. The summed E-state index contributed by atoms with van der Waals surface area (Å²) in [4.78, 5) is 12.0. The highest BCUT2D eigenvalue weighted by atomic mass is 32.2. The van der Waals surface area contributed by atoms with Crippen molar-refractivity contribution in [2.24, 2.45) is 0 Å². The van der Waals surface area contributed by atoms with Crippen LogP contribution in [0.1, 0.15) is 42.3 Å². The average molecular weight is 252 g/mol. The van der Waals surface area contributed by atoms with Crippen LogP contribution in [0.4, 0.5) is 0 Å². The molecule has 3 heteroatoms. The molecule has 0 bridgehead atoms. The molecule has 0 saturated heterocycles. The normalized spacial score (nSPS) is 13.5. The Hall–Kier alpha value is -0.960. The highest BCUT2D eigenvalue weighted by molar-refractivity contribution is 7.87. The monoisotopic (exact) mass is 252 g/mol. The Morgan fingerprint density at radius 3 is 2.29 bits per heavy atom. The number of rotatable bonds is 3. The van der Waals surface area contributed by atoms with Gasteiger partial charge in [0.15, 0.2) is 5.78 Å². The van der Waals surface area contributed by atoms with Crippen LogP contribution in [-0.2, 0) is 10.8 Å². The zero-order valence-corrected chi connectivity index (χ0v) is 12.0. The minimum Gasteiger partial charge on any atom is -0.293 e. The van der Waals surface area contributed by atoms with Crippen LogP contribution in [0.15, 0.2) is 18.2 Å². The first-order valence-electron chi connectivity index (χ1n) is 5.71. The molecule has 0 aromatic heterocycles. The van der Waals surface area contributed by atoms with E-state index in [4.69, 9.17) is 0 Å². The molecule has 94 valence electrons. The van der Waals surface area contributed by atoms with Gasteiger partial charge in [-0.15, -0.1) is 0 Å². The molecule has 0 fully saturated rings. The van der Waals surface area contributed by atoms with Crippen molar-refractivity contribution in [3.63, 3.8) is 0 Å².